The van der Waals surface area contributed by atoms with Gasteiger partial charge in [-0.1, -0.05) is 30.7 Å². The highest BCUT2D eigenvalue weighted by atomic mass is 35.5. The van der Waals surface area contributed by atoms with E-state index in [1.54, 1.807) is 17.0 Å². The lowest BCUT2D eigenvalue weighted by atomic mass is 10.1. The zero-order valence-corrected chi connectivity index (χ0v) is 17.2. The Morgan fingerprint density at radius 1 is 0.967 bits per heavy atom. The van der Waals surface area contributed by atoms with Crippen molar-refractivity contribution >= 4 is 29.1 Å². The van der Waals surface area contributed by atoms with Crippen LogP contribution in [0.2, 0.25) is 5.02 Å². The van der Waals surface area contributed by atoms with E-state index in [9.17, 15) is 22.8 Å². The molecule has 0 aromatic heterocycles. The van der Waals surface area contributed by atoms with Gasteiger partial charge in [-0.25, -0.2) is 13.2 Å². The van der Waals surface area contributed by atoms with E-state index in [1.165, 1.54) is 0 Å². The number of halogens is 4. The molecular formula is C21H23ClF3N3O2. The molecule has 162 valence electrons. The van der Waals surface area contributed by atoms with E-state index in [4.69, 9.17) is 11.6 Å². The Morgan fingerprint density at radius 3 is 2.30 bits per heavy atom. The maximum absolute atomic E-state index is 13.7. The molecule has 2 rings (SSSR count). The Labute approximate surface area is 178 Å². The normalized spacial score (nSPS) is 10.9. The highest BCUT2D eigenvalue weighted by Crippen LogP contribution is 2.19. The summed E-state index contributed by atoms with van der Waals surface area (Å²) in [5.41, 5.74) is 0.570. The van der Waals surface area contributed by atoms with E-state index in [1.807, 2.05) is 19.1 Å². The van der Waals surface area contributed by atoms with E-state index in [2.05, 4.69) is 10.6 Å². The Hall–Kier alpha value is -2.58. The van der Waals surface area contributed by atoms with Crippen molar-refractivity contribution in [3.8, 4) is 0 Å². The van der Waals surface area contributed by atoms with Gasteiger partial charge in [-0.3, -0.25) is 14.5 Å². The third-order valence-electron chi connectivity index (χ3n) is 4.23. The minimum Gasteiger partial charge on any atom is -0.355 e. The van der Waals surface area contributed by atoms with Gasteiger partial charge in [-0.15, -0.1) is 0 Å². The summed E-state index contributed by atoms with van der Waals surface area (Å²) in [7, 11) is 0. The molecule has 0 radical (unpaired) electrons. The van der Waals surface area contributed by atoms with Gasteiger partial charge in [-0.2, -0.15) is 0 Å². The summed E-state index contributed by atoms with van der Waals surface area (Å²) in [6, 6.07) is 8.97. The first-order valence-corrected chi connectivity index (χ1v) is 9.84. The van der Waals surface area contributed by atoms with E-state index in [0.717, 1.165) is 17.7 Å². The average molecular weight is 442 g/mol. The van der Waals surface area contributed by atoms with E-state index < -0.39 is 29.0 Å². The Kier molecular flexibility index (Phi) is 9.14. The van der Waals surface area contributed by atoms with Crippen LogP contribution in [-0.2, 0) is 16.0 Å². The molecule has 0 saturated carbocycles. The second kappa shape index (κ2) is 11.6. The van der Waals surface area contributed by atoms with Crippen LogP contribution in [0.5, 0.6) is 0 Å². The summed E-state index contributed by atoms with van der Waals surface area (Å²) in [6.45, 7) is 2.54. The van der Waals surface area contributed by atoms with Crippen LogP contribution in [0.3, 0.4) is 0 Å². The fraction of sp³-hybridized carbons (Fsp3) is 0.333. The summed E-state index contributed by atoms with van der Waals surface area (Å²) in [5, 5.41) is 5.63. The Bertz CT molecular complexity index is 879. The van der Waals surface area contributed by atoms with Crippen molar-refractivity contribution in [2.45, 2.75) is 19.8 Å². The number of carbonyl (C=O) groups is 2. The van der Waals surface area contributed by atoms with Crippen molar-refractivity contribution in [3.63, 3.8) is 0 Å². The molecule has 0 aliphatic carbocycles. The van der Waals surface area contributed by atoms with Crippen molar-refractivity contribution in [2.24, 2.45) is 0 Å². The van der Waals surface area contributed by atoms with Gasteiger partial charge in [-0.05, 0) is 49.2 Å². The van der Waals surface area contributed by atoms with Crippen molar-refractivity contribution < 1.29 is 22.8 Å². The third kappa shape index (κ3) is 7.35. The lowest BCUT2D eigenvalue weighted by molar-refractivity contribution is -0.123. The maximum atomic E-state index is 13.7. The monoisotopic (exact) mass is 441 g/mol. The fourth-order valence-corrected chi connectivity index (χ4v) is 2.93. The molecule has 0 aliphatic rings. The molecule has 0 atom stereocenters. The van der Waals surface area contributed by atoms with Gasteiger partial charge in [0.25, 0.3) is 0 Å². The van der Waals surface area contributed by atoms with E-state index in [0.29, 0.717) is 31.0 Å². The first kappa shape index (κ1) is 23.7. The van der Waals surface area contributed by atoms with Crippen LogP contribution >= 0.6 is 11.6 Å². The van der Waals surface area contributed by atoms with Crippen molar-refractivity contribution in [1.29, 1.82) is 0 Å². The molecule has 5 nitrogen and oxygen atoms in total. The molecule has 9 heteroatoms. The third-order valence-corrected chi connectivity index (χ3v) is 4.48. The zero-order chi connectivity index (χ0) is 22.1. The molecule has 2 aromatic rings. The highest BCUT2D eigenvalue weighted by Gasteiger charge is 2.18. The summed E-state index contributed by atoms with van der Waals surface area (Å²) in [6.07, 6.45) is 1.32. The first-order valence-electron chi connectivity index (χ1n) is 9.47. The first-order chi connectivity index (χ1) is 14.3. The topological polar surface area (TPSA) is 61.4 Å². The minimum absolute atomic E-state index is 0.0257. The van der Waals surface area contributed by atoms with Gasteiger partial charge in [0.2, 0.25) is 11.8 Å². The van der Waals surface area contributed by atoms with Crippen molar-refractivity contribution in [1.82, 2.24) is 10.2 Å². The predicted octanol–water partition coefficient (Wildman–Crippen LogP) is 3.77. The maximum Gasteiger partial charge on any atom is 0.238 e. The summed E-state index contributed by atoms with van der Waals surface area (Å²) >= 11 is 5.84. The van der Waals surface area contributed by atoms with E-state index in [-0.39, 0.29) is 19.0 Å². The number of carbonyl (C=O) groups excluding carboxylic acids is 2. The quantitative estimate of drug-likeness (QED) is 0.552. The van der Waals surface area contributed by atoms with Gasteiger partial charge in [0.15, 0.2) is 17.5 Å². The van der Waals surface area contributed by atoms with Gasteiger partial charge in [0.1, 0.15) is 0 Å². The van der Waals surface area contributed by atoms with Gasteiger partial charge in [0.05, 0.1) is 18.8 Å². The lowest BCUT2D eigenvalue weighted by Gasteiger charge is -2.20. The van der Waals surface area contributed by atoms with Crippen LogP contribution in [-0.4, -0.2) is 42.9 Å². The molecule has 30 heavy (non-hydrogen) atoms. The average Bonchev–Trinajstić information content (AvgIpc) is 2.70. The molecular weight excluding hydrogens is 419 g/mol. The number of benzene rings is 2. The number of anilines is 1. The Morgan fingerprint density at radius 2 is 1.63 bits per heavy atom. The van der Waals surface area contributed by atoms with Crippen LogP contribution < -0.4 is 10.6 Å². The molecule has 0 fully saturated rings. The van der Waals surface area contributed by atoms with Crippen molar-refractivity contribution in [2.75, 3.05) is 31.5 Å². The SMILES string of the molecule is CCCN(CC(=O)NCCc1ccc(Cl)cc1)CC(=O)Nc1ccc(F)c(F)c1F. The zero-order valence-electron chi connectivity index (χ0n) is 16.5. The van der Waals surface area contributed by atoms with Crippen LogP contribution in [0.4, 0.5) is 18.9 Å². The number of rotatable bonds is 10. The molecule has 0 spiro atoms. The van der Waals surface area contributed by atoms with E-state index >= 15 is 0 Å². The molecule has 2 aromatic carbocycles. The molecule has 0 aliphatic heterocycles. The second-order valence-electron chi connectivity index (χ2n) is 6.71. The number of nitrogens with one attached hydrogen (secondary N) is 2. The molecule has 2 amide bonds. The van der Waals surface area contributed by atoms with Crippen molar-refractivity contribution in [3.05, 3.63) is 64.4 Å². The predicted molar refractivity (Wildman–Crippen MR) is 110 cm³/mol. The summed E-state index contributed by atoms with van der Waals surface area (Å²) in [4.78, 5) is 26.0. The summed E-state index contributed by atoms with van der Waals surface area (Å²) in [5.74, 6) is -5.36. The minimum atomic E-state index is -1.65. The largest absolute Gasteiger partial charge is 0.355 e. The Balaban J connectivity index is 1.84. The summed E-state index contributed by atoms with van der Waals surface area (Å²) < 4.78 is 40.0. The van der Waals surface area contributed by atoms with Crippen LogP contribution in [0.1, 0.15) is 18.9 Å². The smallest absolute Gasteiger partial charge is 0.238 e. The number of hydrogen-bond donors (Lipinski definition) is 2. The highest BCUT2D eigenvalue weighted by molar-refractivity contribution is 6.30. The number of nitrogens with zero attached hydrogens (tertiary/aromatic N) is 1. The number of hydrogen-bond acceptors (Lipinski definition) is 3. The molecule has 0 saturated heterocycles. The van der Waals surface area contributed by atoms with Gasteiger partial charge < -0.3 is 10.6 Å². The fourth-order valence-electron chi connectivity index (χ4n) is 2.80. The molecule has 0 heterocycles. The van der Waals surface area contributed by atoms with Crippen LogP contribution in [0, 0.1) is 17.5 Å². The molecule has 0 unspecified atom stereocenters. The lowest BCUT2D eigenvalue weighted by Crippen LogP contribution is -2.42. The standard InChI is InChI=1S/C21H23ClF3N3O2/c1-2-11-28(12-18(29)26-10-9-14-3-5-15(22)6-4-14)13-19(30)27-17-8-7-16(23)20(24)21(17)25/h3-8H,2,9-13H2,1H3,(H,26,29)(H,27,30). The number of amides is 2. The molecule has 0 bridgehead atoms. The van der Waals surface area contributed by atoms with Gasteiger partial charge >= 0.3 is 0 Å². The van der Waals surface area contributed by atoms with Crippen LogP contribution in [0.15, 0.2) is 36.4 Å². The second-order valence-corrected chi connectivity index (χ2v) is 7.14. The van der Waals surface area contributed by atoms with Gasteiger partial charge in [0, 0.05) is 11.6 Å². The molecule has 2 N–H and O–H groups in total. The van der Waals surface area contributed by atoms with Crippen LogP contribution in [0.25, 0.3) is 0 Å².